The first-order chi connectivity index (χ1) is 11.1. The maximum absolute atomic E-state index is 12.1. The number of likely N-dealkylation sites (tertiary alicyclic amines) is 1. The Bertz CT molecular complexity index is 799. The zero-order valence-electron chi connectivity index (χ0n) is 12.7. The van der Waals surface area contributed by atoms with E-state index < -0.39 is 12.0 Å². The van der Waals surface area contributed by atoms with Crippen LogP contribution in [0.1, 0.15) is 37.9 Å². The van der Waals surface area contributed by atoms with Crippen molar-refractivity contribution in [1.29, 1.82) is 0 Å². The van der Waals surface area contributed by atoms with E-state index in [2.05, 4.69) is 9.97 Å². The molecule has 0 spiro atoms. The van der Waals surface area contributed by atoms with Crippen LogP contribution in [0.5, 0.6) is 0 Å². The molecule has 1 saturated carbocycles. The lowest BCUT2D eigenvalue weighted by Gasteiger charge is -2.32. The first kappa shape index (κ1) is 14.8. The Morgan fingerprint density at radius 2 is 2.26 bits per heavy atom. The number of thiophene rings is 1. The maximum Gasteiger partial charge on any atom is 0.320 e. The van der Waals surface area contributed by atoms with E-state index in [0.717, 1.165) is 19.3 Å². The number of nitrogens with zero attached hydrogens (tertiary/aromatic N) is 2. The van der Waals surface area contributed by atoms with Gasteiger partial charge in [0.1, 0.15) is 16.6 Å². The summed E-state index contributed by atoms with van der Waals surface area (Å²) in [5.74, 6) is 0.262. The molecule has 23 heavy (non-hydrogen) atoms. The van der Waals surface area contributed by atoms with Gasteiger partial charge in [-0.1, -0.05) is 12.8 Å². The first-order valence-electron chi connectivity index (χ1n) is 8.08. The fraction of sp³-hybridized carbons (Fsp3) is 0.562. The molecule has 2 fully saturated rings. The van der Waals surface area contributed by atoms with Gasteiger partial charge in [-0.15, -0.1) is 11.3 Å². The number of rotatable bonds is 3. The number of carboxylic acid groups (broad SMARTS) is 1. The Hall–Kier alpha value is -1.73. The summed E-state index contributed by atoms with van der Waals surface area (Å²) in [6, 6.07) is 1.67. The van der Waals surface area contributed by atoms with Crippen LogP contribution in [0.4, 0.5) is 0 Å². The number of aromatic amines is 1. The van der Waals surface area contributed by atoms with Gasteiger partial charge in [-0.25, -0.2) is 4.98 Å². The standard InChI is InChI=1S/C16H19N3O3S/c20-15-14-10(5-6-23-14)17-13(18-15)8-19-11-4-2-1-3-9(11)7-12(19)16(21)22/h5-6,9,11-12H,1-4,7-8H2,(H,21,22)(H,17,18,20). The molecule has 3 atom stereocenters. The van der Waals surface area contributed by atoms with Crippen molar-refractivity contribution >= 4 is 27.5 Å². The maximum atomic E-state index is 12.1. The van der Waals surface area contributed by atoms with Crippen LogP contribution in [0, 0.1) is 5.92 Å². The summed E-state index contributed by atoms with van der Waals surface area (Å²) in [5.41, 5.74) is 0.561. The molecule has 2 aromatic rings. The SMILES string of the molecule is O=C(O)C1CC2CCCCC2N1Cc1nc2ccsc2c(=O)[nH]1. The van der Waals surface area contributed by atoms with Gasteiger partial charge in [0.15, 0.2) is 0 Å². The van der Waals surface area contributed by atoms with Crippen molar-refractivity contribution in [2.75, 3.05) is 0 Å². The lowest BCUT2D eigenvalue weighted by molar-refractivity contribution is -0.142. The van der Waals surface area contributed by atoms with Gasteiger partial charge in [0.2, 0.25) is 0 Å². The Labute approximate surface area is 137 Å². The molecule has 3 unspecified atom stereocenters. The summed E-state index contributed by atoms with van der Waals surface area (Å²) < 4.78 is 0.625. The minimum atomic E-state index is -0.765. The molecular weight excluding hydrogens is 314 g/mol. The number of carbonyl (C=O) groups is 1. The van der Waals surface area contributed by atoms with E-state index in [1.807, 2.05) is 16.3 Å². The number of fused-ring (bicyclic) bond motifs is 2. The molecule has 3 heterocycles. The molecule has 6 nitrogen and oxygen atoms in total. The minimum Gasteiger partial charge on any atom is -0.480 e. The zero-order valence-corrected chi connectivity index (χ0v) is 13.5. The second-order valence-corrected chi connectivity index (χ2v) is 7.44. The van der Waals surface area contributed by atoms with E-state index in [0.29, 0.717) is 41.0 Å². The molecule has 0 aromatic carbocycles. The third kappa shape index (κ3) is 2.57. The van der Waals surface area contributed by atoms with Crippen LogP contribution in [0.2, 0.25) is 0 Å². The lowest BCUT2D eigenvalue weighted by atomic mass is 9.85. The predicted octanol–water partition coefficient (Wildman–Crippen LogP) is 2.20. The molecule has 1 aliphatic heterocycles. The Morgan fingerprint density at radius 1 is 1.43 bits per heavy atom. The normalized spacial score (nSPS) is 28.1. The molecule has 1 saturated heterocycles. The molecule has 7 heteroatoms. The van der Waals surface area contributed by atoms with Gasteiger partial charge in [-0.05, 0) is 36.6 Å². The summed E-state index contributed by atoms with van der Waals surface area (Å²) in [5, 5.41) is 11.4. The summed E-state index contributed by atoms with van der Waals surface area (Å²) in [7, 11) is 0. The second kappa shape index (κ2) is 5.72. The van der Waals surface area contributed by atoms with Crippen LogP contribution in [0.15, 0.2) is 16.2 Å². The summed E-state index contributed by atoms with van der Waals surface area (Å²) >= 11 is 1.38. The highest BCUT2D eigenvalue weighted by atomic mass is 32.1. The van der Waals surface area contributed by atoms with Crippen LogP contribution in [0.25, 0.3) is 10.2 Å². The number of hydrogen-bond donors (Lipinski definition) is 2. The highest BCUT2D eigenvalue weighted by molar-refractivity contribution is 7.17. The quantitative estimate of drug-likeness (QED) is 0.899. The summed E-state index contributed by atoms with van der Waals surface area (Å²) in [6.07, 6.45) is 5.21. The van der Waals surface area contributed by atoms with E-state index in [4.69, 9.17) is 0 Å². The number of nitrogens with one attached hydrogen (secondary N) is 1. The Morgan fingerprint density at radius 3 is 3.09 bits per heavy atom. The van der Waals surface area contributed by atoms with Gasteiger partial charge in [0, 0.05) is 6.04 Å². The number of aliphatic carboxylic acids is 1. The predicted molar refractivity (Wildman–Crippen MR) is 87.6 cm³/mol. The van der Waals surface area contributed by atoms with Crippen LogP contribution in [-0.4, -0.2) is 38.0 Å². The number of carboxylic acids is 1. The van der Waals surface area contributed by atoms with Crippen LogP contribution >= 0.6 is 11.3 Å². The second-order valence-electron chi connectivity index (χ2n) is 6.52. The third-order valence-electron chi connectivity index (χ3n) is 5.20. The molecule has 4 rings (SSSR count). The highest BCUT2D eigenvalue weighted by Crippen LogP contribution is 2.40. The third-order valence-corrected chi connectivity index (χ3v) is 6.10. The number of aromatic nitrogens is 2. The van der Waals surface area contributed by atoms with Crippen molar-refractivity contribution in [3.05, 3.63) is 27.6 Å². The highest BCUT2D eigenvalue weighted by Gasteiger charge is 2.45. The molecule has 2 N–H and O–H groups in total. The Kier molecular flexibility index (Phi) is 3.69. The summed E-state index contributed by atoms with van der Waals surface area (Å²) in [4.78, 5) is 33.1. The van der Waals surface area contributed by atoms with E-state index in [1.54, 1.807) is 0 Å². The number of hydrogen-bond acceptors (Lipinski definition) is 5. The lowest BCUT2D eigenvalue weighted by Crippen LogP contribution is -2.42. The van der Waals surface area contributed by atoms with Gasteiger partial charge in [-0.3, -0.25) is 14.5 Å². The Balaban J connectivity index is 1.66. The average molecular weight is 333 g/mol. The van der Waals surface area contributed by atoms with Gasteiger partial charge in [0.25, 0.3) is 5.56 Å². The van der Waals surface area contributed by atoms with Crippen molar-refractivity contribution in [1.82, 2.24) is 14.9 Å². The van der Waals surface area contributed by atoms with Crippen molar-refractivity contribution in [2.24, 2.45) is 5.92 Å². The van der Waals surface area contributed by atoms with Crippen LogP contribution < -0.4 is 5.56 Å². The van der Waals surface area contributed by atoms with Gasteiger partial charge >= 0.3 is 5.97 Å². The smallest absolute Gasteiger partial charge is 0.320 e. The van der Waals surface area contributed by atoms with Gasteiger partial charge < -0.3 is 10.1 Å². The molecule has 2 aliphatic rings. The van der Waals surface area contributed by atoms with Crippen LogP contribution in [0.3, 0.4) is 0 Å². The molecule has 0 radical (unpaired) electrons. The monoisotopic (exact) mass is 333 g/mol. The van der Waals surface area contributed by atoms with E-state index in [-0.39, 0.29) is 5.56 Å². The fourth-order valence-electron chi connectivity index (χ4n) is 4.19. The topological polar surface area (TPSA) is 86.3 Å². The molecule has 0 amide bonds. The molecule has 1 aliphatic carbocycles. The van der Waals surface area contributed by atoms with E-state index >= 15 is 0 Å². The number of H-pyrrole nitrogens is 1. The van der Waals surface area contributed by atoms with Crippen molar-refractivity contribution < 1.29 is 9.90 Å². The van der Waals surface area contributed by atoms with Crippen LogP contribution in [-0.2, 0) is 11.3 Å². The van der Waals surface area contributed by atoms with Gasteiger partial charge in [0.05, 0.1) is 12.1 Å². The molecule has 2 aromatic heterocycles. The van der Waals surface area contributed by atoms with Crippen molar-refractivity contribution in [3.63, 3.8) is 0 Å². The summed E-state index contributed by atoms with van der Waals surface area (Å²) in [6.45, 7) is 0.402. The first-order valence-corrected chi connectivity index (χ1v) is 8.96. The largest absolute Gasteiger partial charge is 0.480 e. The average Bonchev–Trinajstić information content (AvgIpc) is 3.13. The van der Waals surface area contributed by atoms with E-state index in [1.165, 1.54) is 17.8 Å². The zero-order chi connectivity index (χ0) is 16.0. The molecular formula is C16H19N3O3S. The fourth-order valence-corrected chi connectivity index (χ4v) is 4.92. The van der Waals surface area contributed by atoms with Crippen molar-refractivity contribution in [3.8, 4) is 0 Å². The minimum absolute atomic E-state index is 0.133. The van der Waals surface area contributed by atoms with E-state index in [9.17, 15) is 14.7 Å². The van der Waals surface area contributed by atoms with Gasteiger partial charge in [-0.2, -0.15) is 0 Å². The molecule has 0 bridgehead atoms. The van der Waals surface area contributed by atoms with Crippen molar-refractivity contribution in [2.45, 2.75) is 50.7 Å². The molecule has 122 valence electrons.